The molecule has 0 bridgehead atoms. The van der Waals surface area contributed by atoms with E-state index < -0.39 is 11.9 Å². The van der Waals surface area contributed by atoms with E-state index in [9.17, 15) is 13.2 Å². The lowest BCUT2D eigenvalue weighted by Crippen LogP contribution is -2.08. The molecule has 0 aromatic carbocycles. The molecule has 2 heterocycles. The highest BCUT2D eigenvalue weighted by atomic mass is 35.5. The maximum atomic E-state index is 12.3. The molecule has 0 fully saturated rings. The van der Waals surface area contributed by atoms with Crippen molar-refractivity contribution < 1.29 is 13.2 Å². The summed E-state index contributed by atoms with van der Waals surface area (Å²) in [7, 11) is 0. The third-order valence-electron chi connectivity index (χ3n) is 2.07. The molecule has 0 amide bonds. The second kappa shape index (κ2) is 4.37. The minimum atomic E-state index is -4.42. The standard InChI is InChI=1S/C10H7ClF3N3/c11-9-5-7(1-3-15-9)6-17-4-2-8(16-17)10(12,13)14/h1-5H,6H2. The lowest BCUT2D eigenvalue weighted by Gasteiger charge is -2.03. The molecule has 2 aromatic heterocycles. The second-order valence-corrected chi connectivity index (χ2v) is 3.77. The van der Waals surface area contributed by atoms with Crippen LogP contribution < -0.4 is 0 Å². The van der Waals surface area contributed by atoms with Gasteiger partial charge in [0.1, 0.15) is 5.15 Å². The topological polar surface area (TPSA) is 30.7 Å². The first-order valence-electron chi connectivity index (χ1n) is 4.66. The highest BCUT2D eigenvalue weighted by Gasteiger charge is 2.33. The number of alkyl halides is 3. The summed E-state index contributed by atoms with van der Waals surface area (Å²) in [4.78, 5) is 3.78. The van der Waals surface area contributed by atoms with Crippen LogP contribution in [-0.2, 0) is 12.7 Å². The molecule has 0 saturated heterocycles. The van der Waals surface area contributed by atoms with Gasteiger partial charge in [-0.25, -0.2) is 4.98 Å². The van der Waals surface area contributed by atoms with Crippen LogP contribution in [0.25, 0.3) is 0 Å². The van der Waals surface area contributed by atoms with E-state index in [1.54, 1.807) is 12.1 Å². The number of hydrogen-bond acceptors (Lipinski definition) is 2. The van der Waals surface area contributed by atoms with Crippen LogP contribution in [0.5, 0.6) is 0 Å². The lowest BCUT2D eigenvalue weighted by atomic mass is 10.3. The summed E-state index contributed by atoms with van der Waals surface area (Å²) in [5.74, 6) is 0. The van der Waals surface area contributed by atoms with Crippen LogP contribution in [0.2, 0.25) is 5.15 Å². The molecule has 0 aliphatic carbocycles. The third kappa shape index (κ3) is 2.97. The van der Waals surface area contributed by atoms with E-state index in [1.807, 2.05) is 0 Å². The first kappa shape index (κ1) is 11.9. The van der Waals surface area contributed by atoms with Gasteiger partial charge in [-0.3, -0.25) is 4.68 Å². The van der Waals surface area contributed by atoms with Crippen LogP contribution in [0.4, 0.5) is 13.2 Å². The van der Waals surface area contributed by atoms with Crippen molar-refractivity contribution in [3.63, 3.8) is 0 Å². The lowest BCUT2D eigenvalue weighted by molar-refractivity contribution is -0.141. The predicted octanol–water partition coefficient (Wildman–Crippen LogP) is 3.00. The highest BCUT2D eigenvalue weighted by Crippen LogP contribution is 2.27. The Morgan fingerprint density at radius 2 is 2.06 bits per heavy atom. The van der Waals surface area contributed by atoms with Crippen LogP contribution in [-0.4, -0.2) is 14.8 Å². The van der Waals surface area contributed by atoms with E-state index in [0.717, 1.165) is 11.6 Å². The van der Waals surface area contributed by atoms with Gasteiger partial charge in [0.05, 0.1) is 6.54 Å². The van der Waals surface area contributed by atoms with Gasteiger partial charge in [-0.05, 0) is 23.8 Å². The number of pyridine rings is 1. The van der Waals surface area contributed by atoms with Gasteiger partial charge < -0.3 is 0 Å². The van der Waals surface area contributed by atoms with Crippen LogP contribution >= 0.6 is 11.6 Å². The number of nitrogens with zero attached hydrogens (tertiary/aromatic N) is 3. The summed E-state index contributed by atoms with van der Waals surface area (Å²) in [6.07, 6.45) is -1.65. The Balaban J connectivity index is 2.17. The number of aromatic nitrogens is 3. The SMILES string of the molecule is FC(F)(F)c1ccn(Cc2ccnc(Cl)c2)n1. The fourth-order valence-electron chi connectivity index (χ4n) is 1.33. The molecule has 0 unspecified atom stereocenters. The van der Waals surface area contributed by atoms with Gasteiger partial charge in [0.15, 0.2) is 5.69 Å². The Bertz CT molecular complexity index is 522. The van der Waals surface area contributed by atoms with Crippen LogP contribution in [0, 0.1) is 0 Å². The van der Waals surface area contributed by atoms with Crippen molar-refractivity contribution in [1.29, 1.82) is 0 Å². The normalized spacial score (nSPS) is 11.8. The van der Waals surface area contributed by atoms with Crippen LogP contribution in [0.3, 0.4) is 0 Å². The van der Waals surface area contributed by atoms with Crippen LogP contribution in [0.1, 0.15) is 11.3 Å². The van der Waals surface area contributed by atoms with Crippen molar-refractivity contribution in [2.75, 3.05) is 0 Å². The summed E-state index contributed by atoms with van der Waals surface area (Å²) in [6.45, 7) is 0.221. The maximum absolute atomic E-state index is 12.3. The van der Waals surface area contributed by atoms with Gasteiger partial charge in [-0.15, -0.1) is 0 Å². The highest BCUT2D eigenvalue weighted by molar-refractivity contribution is 6.29. The molecular formula is C10H7ClF3N3. The zero-order chi connectivity index (χ0) is 12.5. The average Bonchev–Trinajstić information content (AvgIpc) is 2.65. The van der Waals surface area contributed by atoms with Crippen molar-refractivity contribution >= 4 is 11.6 Å². The number of rotatable bonds is 2. The molecule has 7 heteroatoms. The third-order valence-corrected chi connectivity index (χ3v) is 2.27. The minimum Gasteiger partial charge on any atom is -0.268 e. The molecule has 3 nitrogen and oxygen atoms in total. The van der Waals surface area contributed by atoms with E-state index in [1.165, 1.54) is 17.1 Å². The molecule has 0 aliphatic heterocycles. The predicted molar refractivity (Wildman–Crippen MR) is 55.6 cm³/mol. The van der Waals surface area contributed by atoms with E-state index in [4.69, 9.17) is 11.6 Å². The Morgan fingerprint density at radius 3 is 2.65 bits per heavy atom. The van der Waals surface area contributed by atoms with Gasteiger partial charge in [0, 0.05) is 12.4 Å². The Kier molecular flexibility index (Phi) is 3.06. The first-order chi connectivity index (χ1) is 7.95. The Morgan fingerprint density at radius 1 is 1.29 bits per heavy atom. The van der Waals surface area contributed by atoms with E-state index in [0.29, 0.717) is 5.15 Å². The van der Waals surface area contributed by atoms with Crippen molar-refractivity contribution in [2.24, 2.45) is 0 Å². The van der Waals surface area contributed by atoms with Gasteiger partial charge in [-0.1, -0.05) is 11.6 Å². The summed E-state index contributed by atoms with van der Waals surface area (Å²) >= 11 is 5.67. The molecule has 0 aliphatic rings. The van der Waals surface area contributed by atoms with Gasteiger partial charge in [-0.2, -0.15) is 18.3 Å². The zero-order valence-electron chi connectivity index (χ0n) is 8.45. The molecule has 17 heavy (non-hydrogen) atoms. The van der Waals surface area contributed by atoms with Crippen molar-refractivity contribution in [3.8, 4) is 0 Å². The van der Waals surface area contributed by atoms with Crippen molar-refractivity contribution in [1.82, 2.24) is 14.8 Å². The maximum Gasteiger partial charge on any atom is 0.435 e. The van der Waals surface area contributed by atoms with Crippen LogP contribution in [0.15, 0.2) is 30.6 Å². The molecule has 90 valence electrons. The van der Waals surface area contributed by atoms with Crippen molar-refractivity contribution in [2.45, 2.75) is 12.7 Å². The molecule has 2 aromatic rings. The summed E-state index contributed by atoms with van der Waals surface area (Å²) in [6, 6.07) is 4.18. The summed E-state index contributed by atoms with van der Waals surface area (Å²) in [5.41, 5.74) is -0.167. The molecular weight excluding hydrogens is 255 g/mol. The Labute approximate surface area is 99.8 Å². The first-order valence-corrected chi connectivity index (χ1v) is 5.04. The monoisotopic (exact) mass is 261 g/mol. The molecule has 0 N–H and O–H groups in total. The van der Waals surface area contributed by atoms with Gasteiger partial charge in [0.25, 0.3) is 0 Å². The molecule has 0 atom stereocenters. The fourth-order valence-corrected chi connectivity index (χ4v) is 1.53. The van der Waals surface area contributed by atoms with Crippen molar-refractivity contribution in [3.05, 3.63) is 47.0 Å². The molecule has 0 radical (unpaired) electrons. The van der Waals surface area contributed by atoms with E-state index >= 15 is 0 Å². The zero-order valence-corrected chi connectivity index (χ0v) is 9.20. The molecule has 0 saturated carbocycles. The number of hydrogen-bond donors (Lipinski definition) is 0. The quantitative estimate of drug-likeness (QED) is 0.778. The van der Waals surface area contributed by atoms with E-state index in [2.05, 4.69) is 10.1 Å². The largest absolute Gasteiger partial charge is 0.435 e. The average molecular weight is 262 g/mol. The van der Waals surface area contributed by atoms with E-state index in [-0.39, 0.29) is 6.54 Å². The summed E-state index contributed by atoms with van der Waals surface area (Å²) in [5, 5.41) is 3.73. The Hall–Kier alpha value is -1.56. The van der Waals surface area contributed by atoms with Gasteiger partial charge in [0.2, 0.25) is 0 Å². The minimum absolute atomic E-state index is 0.221. The molecule has 0 spiro atoms. The molecule has 2 rings (SSSR count). The smallest absolute Gasteiger partial charge is 0.268 e. The number of halogens is 4. The second-order valence-electron chi connectivity index (χ2n) is 3.38. The van der Waals surface area contributed by atoms with Gasteiger partial charge >= 0.3 is 6.18 Å². The fraction of sp³-hybridized carbons (Fsp3) is 0.200. The summed E-state index contributed by atoms with van der Waals surface area (Å²) < 4.78 is 38.1.